The highest BCUT2D eigenvalue weighted by molar-refractivity contribution is 6.11. The monoisotopic (exact) mass is 335 g/mol. The van der Waals surface area contributed by atoms with Crippen LogP contribution in [0.3, 0.4) is 0 Å². The predicted octanol–water partition coefficient (Wildman–Crippen LogP) is -1.41. The van der Waals surface area contributed by atoms with Crippen LogP contribution in [0.15, 0.2) is 6.20 Å². The first-order valence-electron chi connectivity index (χ1n) is 8.80. The Bertz CT molecular complexity index is 533. The number of hydrogen-bond donors (Lipinski definition) is 0. The van der Waals surface area contributed by atoms with Crippen LogP contribution in [0.1, 0.15) is 18.5 Å². The molecule has 0 amide bonds. The Kier molecular flexibility index (Phi) is 5.97. The highest BCUT2D eigenvalue weighted by Gasteiger charge is 2.35. The maximum absolute atomic E-state index is 5.94. The van der Waals surface area contributed by atoms with Gasteiger partial charge < -0.3 is 18.9 Å². The van der Waals surface area contributed by atoms with E-state index in [-0.39, 0.29) is 30.3 Å². The highest BCUT2D eigenvalue weighted by atomic mass is 16.6. The van der Waals surface area contributed by atoms with E-state index >= 15 is 0 Å². The Hall–Kier alpha value is -0.890. The van der Waals surface area contributed by atoms with E-state index in [1.54, 1.807) is 14.2 Å². The van der Waals surface area contributed by atoms with Crippen molar-refractivity contribution in [3.05, 3.63) is 11.9 Å². The summed E-state index contributed by atoms with van der Waals surface area (Å²) in [5, 5.41) is 8.60. The molecule has 0 radical (unpaired) electrons. The lowest BCUT2D eigenvalue weighted by Gasteiger charge is -2.17. The second-order valence-electron chi connectivity index (χ2n) is 7.07. The summed E-state index contributed by atoms with van der Waals surface area (Å²) in [6.07, 6.45) is 5.05. The first-order chi connectivity index (χ1) is 11.6. The summed E-state index contributed by atoms with van der Waals surface area (Å²) in [5.41, 5.74) is 0.950. The molecule has 6 atom stereocenters. The van der Waals surface area contributed by atoms with Crippen LogP contribution in [-0.4, -0.2) is 81.8 Å². The van der Waals surface area contributed by atoms with Crippen LogP contribution < -0.4 is 0 Å². The summed E-state index contributed by atoms with van der Waals surface area (Å²) in [5.74, 6) is 0.406. The van der Waals surface area contributed by atoms with Crippen LogP contribution in [0.25, 0.3) is 0 Å². The fraction of sp³-hybridized carbons (Fsp3) is 0.867. The molecular weight excluding hydrogens is 308 g/mol. The predicted molar refractivity (Wildman–Crippen MR) is 93.5 cm³/mol. The summed E-state index contributed by atoms with van der Waals surface area (Å²) in [6, 6.07) is 0.510. The molecule has 2 fully saturated rings. The van der Waals surface area contributed by atoms with Gasteiger partial charge in [0.15, 0.2) is 0 Å². The SMILES string of the molecule is B[C@H]1C[C@@H](Cn2cc(C[C@H]3O[C@@H](B)C[C@H]3OC)nn2)[C@@H](COC)O1. The molecule has 0 saturated carbocycles. The topological polar surface area (TPSA) is 67.6 Å². The van der Waals surface area contributed by atoms with Crippen molar-refractivity contribution < 1.29 is 18.9 Å². The molecule has 2 aliphatic heterocycles. The van der Waals surface area contributed by atoms with E-state index in [1.165, 1.54) is 0 Å². The Morgan fingerprint density at radius 1 is 1.21 bits per heavy atom. The van der Waals surface area contributed by atoms with Crippen molar-refractivity contribution in [2.24, 2.45) is 5.92 Å². The molecular formula is C15H27B2N3O4. The molecule has 7 nitrogen and oxygen atoms in total. The fourth-order valence-corrected chi connectivity index (χ4v) is 3.89. The normalized spacial score (nSPS) is 36.4. The number of aromatic nitrogens is 3. The second-order valence-corrected chi connectivity index (χ2v) is 7.07. The van der Waals surface area contributed by atoms with Crippen LogP contribution in [0, 0.1) is 5.92 Å². The van der Waals surface area contributed by atoms with E-state index in [2.05, 4.69) is 26.0 Å². The van der Waals surface area contributed by atoms with E-state index in [4.69, 9.17) is 18.9 Å². The van der Waals surface area contributed by atoms with Gasteiger partial charge in [0.2, 0.25) is 0 Å². The minimum absolute atomic E-state index is 0.0613. The van der Waals surface area contributed by atoms with Gasteiger partial charge in [-0.25, -0.2) is 0 Å². The molecule has 2 saturated heterocycles. The van der Waals surface area contributed by atoms with Crippen molar-refractivity contribution >= 4 is 15.7 Å². The summed E-state index contributed by atoms with van der Waals surface area (Å²) < 4.78 is 24.6. The lowest BCUT2D eigenvalue weighted by atomic mass is 9.91. The van der Waals surface area contributed by atoms with E-state index in [0.29, 0.717) is 12.5 Å². The van der Waals surface area contributed by atoms with E-state index in [9.17, 15) is 0 Å². The standard InChI is InChI=1S/C15H27B2N3O4/c1-21-8-13-9(3-14(16)24-13)6-20-7-10(18-19-20)4-12-11(22-2)5-15(17)23-12/h7,9,11-15H,3-6,8,16-17H2,1-2H3/t9-,11+,12+,13+,14+,15+/m0/s1. The molecule has 0 bridgehead atoms. The first-order valence-corrected chi connectivity index (χ1v) is 8.80. The van der Waals surface area contributed by atoms with Crippen molar-refractivity contribution in [2.75, 3.05) is 20.8 Å². The van der Waals surface area contributed by atoms with Gasteiger partial charge in [-0.05, 0) is 12.8 Å². The average molecular weight is 335 g/mol. The van der Waals surface area contributed by atoms with Crippen LogP contribution in [0.5, 0.6) is 0 Å². The average Bonchev–Trinajstić information content (AvgIpc) is 3.21. The van der Waals surface area contributed by atoms with E-state index < -0.39 is 0 Å². The molecule has 0 aromatic carbocycles. The Labute approximate surface area is 145 Å². The van der Waals surface area contributed by atoms with Crippen molar-refractivity contribution in [1.82, 2.24) is 15.0 Å². The molecule has 0 N–H and O–H groups in total. The second kappa shape index (κ2) is 7.99. The lowest BCUT2D eigenvalue weighted by Crippen LogP contribution is -2.26. The molecule has 24 heavy (non-hydrogen) atoms. The zero-order valence-electron chi connectivity index (χ0n) is 15.1. The maximum atomic E-state index is 5.94. The van der Waals surface area contributed by atoms with Gasteiger partial charge in [0.1, 0.15) is 15.7 Å². The Morgan fingerprint density at radius 3 is 2.71 bits per heavy atom. The molecule has 9 heteroatoms. The third kappa shape index (κ3) is 4.20. The molecule has 3 heterocycles. The van der Waals surface area contributed by atoms with Gasteiger partial charge in [0, 0.05) is 51.3 Å². The van der Waals surface area contributed by atoms with E-state index in [1.807, 2.05) is 10.9 Å². The number of nitrogens with zero attached hydrogens (tertiary/aromatic N) is 3. The van der Waals surface area contributed by atoms with Crippen molar-refractivity contribution in [3.63, 3.8) is 0 Å². The number of methoxy groups -OCH3 is 2. The summed E-state index contributed by atoms with van der Waals surface area (Å²) in [6.45, 7) is 1.43. The number of hydrogen-bond acceptors (Lipinski definition) is 6. The number of rotatable bonds is 7. The van der Waals surface area contributed by atoms with Gasteiger partial charge >= 0.3 is 0 Å². The third-order valence-corrected chi connectivity index (χ3v) is 5.01. The summed E-state index contributed by atoms with van der Waals surface area (Å²) in [7, 11) is 7.65. The Balaban J connectivity index is 1.57. The van der Waals surface area contributed by atoms with Gasteiger partial charge in [-0.1, -0.05) is 5.21 Å². The first kappa shape index (κ1) is 17.9. The zero-order chi connectivity index (χ0) is 17.1. The highest BCUT2D eigenvalue weighted by Crippen LogP contribution is 2.27. The van der Waals surface area contributed by atoms with Gasteiger partial charge in [-0.2, -0.15) is 0 Å². The number of ether oxygens (including phenoxy) is 4. The largest absolute Gasteiger partial charge is 0.382 e. The molecule has 0 unspecified atom stereocenters. The molecule has 1 aromatic rings. The minimum Gasteiger partial charge on any atom is -0.382 e. The van der Waals surface area contributed by atoms with Gasteiger partial charge in [0.25, 0.3) is 0 Å². The molecule has 0 aliphatic carbocycles. The van der Waals surface area contributed by atoms with Crippen LogP contribution in [0.2, 0.25) is 0 Å². The van der Waals surface area contributed by atoms with E-state index in [0.717, 1.165) is 31.5 Å². The van der Waals surface area contributed by atoms with Crippen LogP contribution >= 0.6 is 0 Å². The summed E-state index contributed by atoms with van der Waals surface area (Å²) >= 11 is 0. The maximum Gasteiger partial charge on any atom is 0.139 e. The molecule has 3 rings (SSSR count). The van der Waals surface area contributed by atoms with Crippen molar-refractivity contribution in [2.45, 2.75) is 56.1 Å². The molecule has 132 valence electrons. The van der Waals surface area contributed by atoms with Gasteiger partial charge in [0.05, 0.1) is 30.6 Å². The lowest BCUT2D eigenvalue weighted by molar-refractivity contribution is 0.00645. The van der Waals surface area contributed by atoms with Crippen molar-refractivity contribution in [3.8, 4) is 0 Å². The quantitative estimate of drug-likeness (QED) is 0.571. The molecule has 0 spiro atoms. The Morgan fingerprint density at radius 2 is 1.96 bits per heavy atom. The van der Waals surface area contributed by atoms with Gasteiger partial charge in [-0.3, -0.25) is 4.68 Å². The molecule has 2 aliphatic rings. The van der Waals surface area contributed by atoms with Crippen molar-refractivity contribution in [1.29, 1.82) is 0 Å². The minimum atomic E-state index is 0.0613. The van der Waals surface area contributed by atoms with Gasteiger partial charge in [-0.15, -0.1) is 5.10 Å². The molecule has 1 aromatic heterocycles. The smallest absolute Gasteiger partial charge is 0.139 e. The third-order valence-electron chi connectivity index (χ3n) is 5.01. The van der Waals surface area contributed by atoms with Crippen LogP contribution in [0.4, 0.5) is 0 Å². The van der Waals surface area contributed by atoms with Crippen LogP contribution in [-0.2, 0) is 31.9 Å². The summed E-state index contributed by atoms with van der Waals surface area (Å²) in [4.78, 5) is 0. The fourth-order valence-electron chi connectivity index (χ4n) is 3.89. The zero-order valence-corrected chi connectivity index (χ0v) is 15.1.